The first-order chi connectivity index (χ1) is 6.74. The zero-order valence-electron chi connectivity index (χ0n) is 7.23. The molecule has 1 aromatic carbocycles. The topological polar surface area (TPSA) is 63.2 Å². The monoisotopic (exact) mass is 207 g/mol. The van der Waals surface area contributed by atoms with Crippen LogP contribution in [0.25, 0.3) is 10.3 Å². The Kier molecular flexibility index (Phi) is 1.98. The Labute approximate surface area is 83.0 Å². The van der Waals surface area contributed by atoms with Gasteiger partial charge in [-0.25, -0.2) is 4.79 Å². The third kappa shape index (κ3) is 1.26. The fourth-order valence-electron chi connectivity index (χ4n) is 1.16. The lowest BCUT2D eigenvalue weighted by Gasteiger charge is -1.99. The molecule has 1 aromatic heterocycles. The summed E-state index contributed by atoms with van der Waals surface area (Å²) in [5.74, 6) is 0.414. The van der Waals surface area contributed by atoms with E-state index >= 15 is 0 Å². The van der Waals surface area contributed by atoms with Crippen molar-refractivity contribution >= 4 is 21.6 Å². The number of hydrogen-bond donors (Lipinski definition) is 0. The van der Waals surface area contributed by atoms with E-state index in [2.05, 4.69) is 0 Å². The van der Waals surface area contributed by atoms with Crippen LogP contribution in [0.1, 0.15) is 5.56 Å². The average molecular weight is 207 g/mol. The summed E-state index contributed by atoms with van der Waals surface area (Å²) >= 11 is 0.958. The zero-order valence-corrected chi connectivity index (χ0v) is 8.05. The molecule has 0 aliphatic rings. The van der Waals surface area contributed by atoms with Crippen molar-refractivity contribution in [3.8, 4) is 11.8 Å². The highest BCUT2D eigenvalue weighted by atomic mass is 32.1. The minimum atomic E-state index is -0.395. The van der Waals surface area contributed by atoms with E-state index in [4.69, 9.17) is 14.4 Å². The summed E-state index contributed by atoms with van der Waals surface area (Å²) < 4.78 is 10.6. The van der Waals surface area contributed by atoms with Crippen LogP contribution < -0.4 is 9.68 Å². The smallest absolute Gasteiger partial charge is 0.396 e. The van der Waals surface area contributed by atoms with Crippen LogP contribution in [0.3, 0.4) is 0 Å². The van der Waals surface area contributed by atoms with Crippen molar-refractivity contribution in [1.82, 2.24) is 0 Å². The van der Waals surface area contributed by atoms with Gasteiger partial charge in [0.05, 0.1) is 23.4 Å². The number of benzene rings is 1. The number of methoxy groups -OCH3 is 1. The number of nitriles is 1. The van der Waals surface area contributed by atoms with E-state index in [1.807, 2.05) is 6.07 Å². The molecule has 0 unspecified atom stereocenters. The number of nitrogens with zero attached hydrogens (tertiary/aromatic N) is 1. The van der Waals surface area contributed by atoms with Crippen LogP contribution in [0.4, 0.5) is 0 Å². The standard InChI is InChI=1S/C9H5NO3S/c1-12-6-2-5(4-10)3-7-8(6)13-9(11)14-7/h2-3H,1H3. The van der Waals surface area contributed by atoms with Crippen molar-refractivity contribution in [1.29, 1.82) is 5.26 Å². The van der Waals surface area contributed by atoms with Gasteiger partial charge >= 0.3 is 4.94 Å². The largest absolute Gasteiger partial charge is 0.493 e. The van der Waals surface area contributed by atoms with Gasteiger partial charge in [0.1, 0.15) is 0 Å². The molecule has 0 N–H and O–H groups in total. The van der Waals surface area contributed by atoms with Crippen molar-refractivity contribution in [2.24, 2.45) is 0 Å². The normalized spacial score (nSPS) is 10.0. The molecule has 0 spiro atoms. The van der Waals surface area contributed by atoms with Gasteiger partial charge in [-0.1, -0.05) is 11.3 Å². The summed E-state index contributed by atoms with van der Waals surface area (Å²) in [5.41, 5.74) is 0.855. The van der Waals surface area contributed by atoms with E-state index in [0.29, 0.717) is 21.6 Å². The Morgan fingerprint density at radius 1 is 1.57 bits per heavy atom. The van der Waals surface area contributed by atoms with E-state index in [-0.39, 0.29) is 0 Å². The summed E-state index contributed by atoms with van der Waals surface area (Å²) in [6, 6.07) is 5.13. The minimum absolute atomic E-state index is 0.395. The van der Waals surface area contributed by atoms with E-state index < -0.39 is 4.94 Å². The van der Waals surface area contributed by atoms with Crippen LogP contribution in [0.2, 0.25) is 0 Å². The maximum absolute atomic E-state index is 11.0. The van der Waals surface area contributed by atoms with Crippen LogP contribution in [0.5, 0.6) is 5.75 Å². The van der Waals surface area contributed by atoms with Crippen molar-refractivity contribution in [3.05, 3.63) is 27.4 Å². The van der Waals surface area contributed by atoms with Crippen LogP contribution in [0.15, 0.2) is 21.3 Å². The quantitative estimate of drug-likeness (QED) is 0.714. The van der Waals surface area contributed by atoms with Gasteiger partial charge in [-0.15, -0.1) is 0 Å². The van der Waals surface area contributed by atoms with Crippen LogP contribution >= 0.6 is 11.3 Å². The first-order valence-electron chi connectivity index (χ1n) is 3.76. The Morgan fingerprint density at radius 2 is 2.36 bits per heavy atom. The Morgan fingerprint density at radius 3 is 3.00 bits per heavy atom. The predicted molar refractivity (Wildman–Crippen MR) is 51.6 cm³/mol. The average Bonchev–Trinajstić information content (AvgIpc) is 2.56. The molecule has 0 aliphatic carbocycles. The Bertz CT molecular complexity index is 576. The van der Waals surface area contributed by atoms with Gasteiger partial charge < -0.3 is 9.15 Å². The molecule has 0 radical (unpaired) electrons. The van der Waals surface area contributed by atoms with Gasteiger partial charge in [0.2, 0.25) is 0 Å². The fourth-order valence-corrected chi connectivity index (χ4v) is 1.89. The number of rotatable bonds is 1. The van der Waals surface area contributed by atoms with Gasteiger partial charge in [0.25, 0.3) is 0 Å². The number of fused-ring (bicyclic) bond motifs is 1. The summed E-state index contributed by atoms with van der Waals surface area (Å²) in [4.78, 5) is 10.6. The lowest BCUT2D eigenvalue weighted by atomic mass is 10.2. The highest BCUT2D eigenvalue weighted by Crippen LogP contribution is 2.28. The summed E-state index contributed by atoms with van der Waals surface area (Å²) in [6.07, 6.45) is 0. The SMILES string of the molecule is COc1cc(C#N)cc2sc(=O)oc12. The number of ether oxygens (including phenoxy) is 1. The second kappa shape index (κ2) is 3.16. The molecule has 0 fully saturated rings. The van der Waals surface area contributed by atoms with Gasteiger partial charge in [-0.3, -0.25) is 0 Å². The molecule has 0 saturated heterocycles. The van der Waals surface area contributed by atoms with Gasteiger partial charge in [0, 0.05) is 6.07 Å². The first-order valence-corrected chi connectivity index (χ1v) is 4.58. The van der Waals surface area contributed by atoms with Crippen molar-refractivity contribution in [2.45, 2.75) is 0 Å². The highest BCUT2D eigenvalue weighted by molar-refractivity contribution is 7.16. The summed E-state index contributed by atoms with van der Waals surface area (Å²) in [7, 11) is 1.47. The molecule has 4 nitrogen and oxygen atoms in total. The van der Waals surface area contributed by atoms with Gasteiger partial charge in [0.15, 0.2) is 11.3 Å². The third-order valence-electron chi connectivity index (χ3n) is 1.75. The third-order valence-corrected chi connectivity index (χ3v) is 2.52. The highest BCUT2D eigenvalue weighted by Gasteiger charge is 2.10. The second-order valence-electron chi connectivity index (χ2n) is 2.57. The molecular weight excluding hydrogens is 202 g/mol. The Hall–Kier alpha value is -1.80. The lowest BCUT2D eigenvalue weighted by Crippen LogP contribution is -1.85. The first kappa shape index (κ1) is 8.78. The molecule has 14 heavy (non-hydrogen) atoms. The molecule has 0 amide bonds. The second-order valence-corrected chi connectivity index (χ2v) is 3.55. The fraction of sp³-hybridized carbons (Fsp3) is 0.111. The van der Waals surface area contributed by atoms with Crippen LogP contribution in [-0.4, -0.2) is 7.11 Å². The van der Waals surface area contributed by atoms with E-state index in [1.54, 1.807) is 6.07 Å². The molecule has 1 heterocycles. The molecule has 2 aromatic rings. The summed E-state index contributed by atoms with van der Waals surface area (Å²) in [6.45, 7) is 0. The summed E-state index contributed by atoms with van der Waals surface area (Å²) in [5, 5.41) is 8.71. The van der Waals surface area contributed by atoms with Gasteiger partial charge in [-0.05, 0) is 6.07 Å². The predicted octanol–water partition coefficient (Wildman–Crippen LogP) is 1.73. The molecule has 2 rings (SSSR count). The maximum atomic E-state index is 11.0. The molecule has 0 saturated carbocycles. The van der Waals surface area contributed by atoms with Crippen LogP contribution in [0, 0.1) is 11.3 Å². The molecule has 70 valence electrons. The maximum Gasteiger partial charge on any atom is 0.396 e. The lowest BCUT2D eigenvalue weighted by molar-refractivity contribution is 0.408. The molecule has 0 aliphatic heterocycles. The molecule has 0 atom stereocenters. The number of hydrogen-bond acceptors (Lipinski definition) is 5. The zero-order chi connectivity index (χ0) is 10.1. The van der Waals surface area contributed by atoms with Gasteiger partial charge in [-0.2, -0.15) is 5.26 Å². The van der Waals surface area contributed by atoms with Crippen molar-refractivity contribution in [2.75, 3.05) is 7.11 Å². The van der Waals surface area contributed by atoms with E-state index in [1.165, 1.54) is 13.2 Å². The Balaban J connectivity index is 2.87. The van der Waals surface area contributed by atoms with Crippen LogP contribution in [-0.2, 0) is 0 Å². The molecule has 5 heteroatoms. The molecular formula is C9H5NO3S. The van der Waals surface area contributed by atoms with Crippen molar-refractivity contribution < 1.29 is 9.15 Å². The van der Waals surface area contributed by atoms with Crippen molar-refractivity contribution in [3.63, 3.8) is 0 Å². The van der Waals surface area contributed by atoms with E-state index in [9.17, 15) is 4.79 Å². The van der Waals surface area contributed by atoms with E-state index in [0.717, 1.165) is 11.3 Å². The molecule has 0 bridgehead atoms. The minimum Gasteiger partial charge on any atom is -0.493 e.